The number of carbonyl (C=O) groups is 1. The number of rotatable bonds is 6. The van der Waals surface area contributed by atoms with Gasteiger partial charge in [0.2, 0.25) is 0 Å². The maximum absolute atomic E-state index is 11.8. The fourth-order valence-electron chi connectivity index (χ4n) is 2.02. The van der Waals surface area contributed by atoms with Crippen LogP contribution in [0.15, 0.2) is 42.7 Å². The molecule has 1 heterocycles. The molecule has 1 unspecified atom stereocenters. The van der Waals surface area contributed by atoms with Gasteiger partial charge in [-0.1, -0.05) is 30.3 Å². The molecule has 6 nitrogen and oxygen atoms in total. The molecule has 2 aromatic rings. The average Bonchev–Trinajstić information content (AvgIpc) is 2.96. The number of anilines is 1. The largest absolute Gasteiger partial charge is 0.388 e. The highest BCUT2D eigenvalue weighted by Crippen LogP contribution is 2.15. The van der Waals surface area contributed by atoms with Gasteiger partial charge in [0.25, 0.3) is 0 Å². The van der Waals surface area contributed by atoms with Gasteiger partial charge in [-0.25, -0.2) is 4.79 Å². The Balaban J connectivity index is 1.73. The molecule has 2 rings (SSSR count). The standard InChI is InChI=1S/C16H22N4O2/c1-12(2)20-11-14(10-18-20)19-16(22)17-9-8-15(21)13-6-4-3-5-7-13/h3-7,10-12,15,21H,8-9H2,1-2H3,(H2,17,19,22). The first-order valence-electron chi connectivity index (χ1n) is 7.38. The van der Waals surface area contributed by atoms with Crippen LogP contribution >= 0.6 is 0 Å². The summed E-state index contributed by atoms with van der Waals surface area (Å²) in [7, 11) is 0. The Morgan fingerprint density at radius 3 is 2.68 bits per heavy atom. The fraction of sp³-hybridized carbons (Fsp3) is 0.375. The minimum absolute atomic E-state index is 0.250. The summed E-state index contributed by atoms with van der Waals surface area (Å²) in [5, 5.41) is 19.6. The molecular formula is C16H22N4O2. The number of hydrogen-bond donors (Lipinski definition) is 3. The highest BCUT2D eigenvalue weighted by molar-refractivity contribution is 5.88. The van der Waals surface area contributed by atoms with E-state index in [1.54, 1.807) is 17.1 Å². The molecule has 118 valence electrons. The van der Waals surface area contributed by atoms with Gasteiger partial charge in [-0.2, -0.15) is 5.10 Å². The van der Waals surface area contributed by atoms with Crippen LogP contribution in [0.3, 0.4) is 0 Å². The zero-order valence-electron chi connectivity index (χ0n) is 12.9. The molecule has 3 N–H and O–H groups in total. The second kappa shape index (κ2) is 7.61. The van der Waals surface area contributed by atoms with Crippen molar-refractivity contribution in [3.8, 4) is 0 Å². The normalized spacial score (nSPS) is 12.2. The first-order chi connectivity index (χ1) is 10.6. The average molecular weight is 302 g/mol. The lowest BCUT2D eigenvalue weighted by atomic mass is 10.1. The van der Waals surface area contributed by atoms with Crippen molar-refractivity contribution < 1.29 is 9.90 Å². The molecule has 0 saturated heterocycles. The van der Waals surface area contributed by atoms with Crippen molar-refractivity contribution in [2.24, 2.45) is 0 Å². The summed E-state index contributed by atoms with van der Waals surface area (Å²) in [6, 6.07) is 9.34. The Kier molecular flexibility index (Phi) is 5.55. The van der Waals surface area contributed by atoms with Crippen molar-refractivity contribution in [1.82, 2.24) is 15.1 Å². The number of benzene rings is 1. The second-order valence-corrected chi connectivity index (χ2v) is 5.40. The van der Waals surface area contributed by atoms with Gasteiger partial charge in [-0.15, -0.1) is 0 Å². The Morgan fingerprint density at radius 1 is 1.32 bits per heavy atom. The van der Waals surface area contributed by atoms with Crippen LogP contribution in [0.1, 0.15) is 38.0 Å². The van der Waals surface area contributed by atoms with Crippen LogP contribution in [-0.2, 0) is 0 Å². The lowest BCUT2D eigenvalue weighted by Crippen LogP contribution is -2.30. The lowest BCUT2D eigenvalue weighted by Gasteiger charge is -2.11. The van der Waals surface area contributed by atoms with Crippen LogP contribution in [0.5, 0.6) is 0 Å². The molecule has 2 amide bonds. The summed E-state index contributed by atoms with van der Waals surface area (Å²) in [6.45, 7) is 4.42. The summed E-state index contributed by atoms with van der Waals surface area (Å²) in [5.74, 6) is 0. The second-order valence-electron chi connectivity index (χ2n) is 5.40. The summed E-state index contributed by atoms with van der Waals surface area (Å²) >= 11 is 0. The fourth-order valence-corrected chi connectivity index (χ4v) is 2.02. The summed E-state index contributed by atoms with van der Waals surface area (Å²) in [4.78, 5) is 11.8. The Labute approximate surface area is 130 Å². The third kappa shape index (κ3) is 4.60. The molecule has 1 aromatic carbocycles. The van der Waals surface area contributed by atoms with E-state index in [0.29, 0.717) is 18.7 Å². The van der Waals surface area contributed by atoms with Crippen LogP contribution < -0.4 is 10.6 Å². The van der Waals surface area contributed by atoms with Gasteiger partial charge in [0.1, 0.15) is 0 Å². The van der Waals surface area contributed by atoms with Crippen molar-refractivity contribution in [3.05, 3.63) is 48.3 Å². The molecule has 0 aliphatic rings. The van der Waals surface area contributed by atoms with Crippen LogP contribution in [0.25, 0.3) is 0 Å². The first kappa shape index (κ1) is 16.0. The molecule has 22 heavy (non-hydrogen) atoms. The van der Waals surface area contributed by atoms with Gasteiger partial charge in [-0.05, 0) is 25.8 Å². The number of aromatic nitrogens is 2. The lowest BCUT2D eigenvalue weighted by molar-refractivity contribution is 0.167. The molecule has 6 heteroatoms. The third-order valence-corrected chi connectivity index (χ3v) is 3.28. The van der Waals surface area contributed by atoms with E-state index >= 15 is 0 Å². The van der Waals surface area contributed by atoms with E-state index in [9.17, 15) is 9.90 Å². The van der Waals surface area contributed by atoms with E-state index in [2.05, 4.69) is 15.7 Å². The van der Waals surface area contributed by atoms with Gasteiger partial charge in [0, 0.05) is 18.8 Å². The van der Waals surface area contributed by atoms with Gasteiger partial charge >= 0.3 is 6.03 Å². The number of hydrogen-bond acceptors (Lipinski definition) is 3. The topological polar surface area (TPSA) is 79.2 Å². The number of nitrogens with zero attached hydrogens (tertiary/aromatic N) is 2. The number of aliphatic hydroxyl groups is 1. The van der Waals surface area contributed by atoms with Crippen LogP contribution in [-0.4, -0.2) is 27.5 Å². The molecule has 0 fully saturated rings. The molecule has 1 atom stereocenters. The van der Waals surface area contributed by atoms with Gasteiger partial charge < -0.3 is 15.7 Å². The van der Waals surface area contributed by atoms with E-state index in [-0.39, 0.29) is 12.1 Å². The molecule has 0 aliphatic carbocycles. The van der Waals surface area contributed by atoms with Crippen molar-refractivity contribution >= 4 is 11.7 Å². The highest BCUT2D eigenvalue weighted by atomic mass is 16.3. The van der Waals surface area contributed by atoms with E-state index in [1.165, 1.54) is 0 Å². The van der Waals surface area contributed by atoms with Crippen LogP contribution in [0.2, 0.25) is 0 Å². The molecular weight excluding hydrogens is 280 g/mol. The maximum Gasteiger partial charge on any atom is 0.319 e. The summed E-state index contributed by atoms with van der Waals surface area (Å²) in [5.41, 5.74) is 1.50. The van der Waals surface area contributed by atoms with Crippen molar-refractivity contribution in [2.75, 3.05) is 11.9 Å². The van der Waals surface area contributed by atoms with E-state index in [1.807, 2.05) is 44.2 Å². The minimum Gasteiger partial charge on any atom is -0.388 e. The molecule has 0 spiro atoms. The predicted octanol–water partition coefficient (Wildman–Crippen LogP) is 2.71. The number of urea groups is 1. The molecule has 0 bridgehead atoms. The molecule has 0 radical (unpaired) electrons. The minimum atomic E-state index is -0.579. The van der Waals surface area contributed by atoms with E-state index in [4.69, 9.17) is 0 Å². The molecule has 0 saturated carbocycles. The van der Waals surface area contributed by atoms with Gasteiger partial charge in [0.05, 0.1) is 18.0 Å². The van der Waals surface area contributed by atoms with E-state index < -0.39 is 6.10 Å². The zero-order valence-corrected chi connectivity index (χ0v) is 12.9. The monoisotopic (exact) mass is 302 g/mol. The van der Waals surface area contributed by atoms with Crippen molar-refractivity contribution in [1.29, 1.82) is 0 Å². The highest BCUT2D eigenvalue weighted by Gasteiger charge is 2.09. The number of carbonyl (C=O) groups excluding carboxylic acids is 1. The molecule has 1 aromatic heterocycles. The first-order valence-corrected chi connectivity index (χ1v) is 7.38. The van der Waals surface area contributed by atoms with Crippen LogP contribution in [0, 0.1) is 0 Å². The predicted molar refractivity (Wildman–Crippen MR) is 85.7 cm³/mol. The molecule has 0 aliphatic heterocycles. The number of aliphatic hydroxyl groups excluding tert-OH is 1. The summed E-state index contributed by atoms with van der Waals surface area (Å²) < 4.78 is 1.77. The Hall–Kier alpha value is -2.34. The quantitative estimate of drug-likeness (QED) is 0.767. The van der Waals surface area contributed by atoms with E-state index in [0.717, 1.165) is 5.56 Å². The number of amides is 2. The smallest absolute Gasteiger partial charge is 0.319 e. The van der Waals surface area contributed by atoms with Gasteiger partial charge in [-0.3, -0.25) is 4.68 Å². The number of nitrogens with one attached hydrogen (secondary N) is 2. The zero-order chi connectivity index (χ0) is 15.9. The Bertz CT molecular complexity index is 595. The van der Waals surface area contributed by atoms with Crippen molar-refractivity contribution in [2.45, 2.75) is 32.4 Å². The maximum atomic E-state index is 11.8. The van der Waals surface area contributed by atoms with Gasteiger partial charge in [0.15, 0.2) is 0 Å². The van der Waals surface area contributed by atoms with Crippen LogP contribution in [0.4, 0.5) is 10.5 Å². The Morgan fingerprint density at radius 2 is 2.05 bits per heavy atom. The SMILES string of the molecule is CC(C)n1cc(NC(=O)NCCC(O)c2ccccc2)cn1. The third-order valence-electron chi connectivity index (χ3n) is 3.28. The van der Waals surface area contributed by atoms with Crippen molar-refractivity contribution in [3.63, 3.8) is 0 Å². The summed E-state index contributed by atoms with van der Waals surface area (Å²) in [6.07, 6.45) is 3.27.